The first-order chi connectivity index (χ1) is 18.1. The second kappa shape index (κ2) is 9.02. The quantitative estimate of drug-likeness (QED) is 0.343. The summed E-state index contributed by atoms with van der Waals surface area (Å²) >= 11 is 0. The van der Waals surface area contributed by atoms with Gasteiger partial charge in [0.2, 0.25) is 5.88 Å². The second-order valence-corrected chi connectivity index (χ2v) is 8.69. The third-order valence-electron chi connectivity index (χ3n) is 6.43. The largest absolute Gasteiger partial charge is 0.508 e. The van der Waals surface area contributed by atoms with E-state index >= 15 is 0 Å². The van der Waals surface area contributed by atoms with Crippen molar-refractivity contribution in [3.05, 3.63) is 95.1 Å². The van der Waals surface area contributed by atoms with E-state index in [0.717, 1.165) is 28.0 Å². The molecule has 5 aromatic rings. The zero-order valence-corrected chi connectivity index (χ0v) is 20.5. The summed E-state index contributed by atoms with van der Waals surface area (Å²) in [6.07, 6.45) is 1.57. The monoisotopic (exact) mass is 496 g/mol. The van der Waals surface area contributed by atoms with Crippen molar-refractivity contribution in [3.8, 4) is 34.6 Å². The van der Waals surface area contributed by atoms with Crippen molar-refractivity contribution in [3.63, 3.8) is 0 Å². The van der Waals surface area contributed by atoms with Crippen molar-refractivity contribution in [1.29, 1.82) is 0 Å². The molecule has 0 amide bonds. The Bertz CT molecular complexity index is 1630. The van der Waals surface area contributed by atoms with Crippen molar-refractivity contribution >= 4 is 5.65 Å². The van der Waals surface area contributed by atoms with E-state index in [2.05, 4.69) is 10.1 Å². The molecular weight excluding hydrogens is 472 g/mol. The van der Waals surface area contributed by atoms with Crippen LogP contribution in [0.25, 0.3) is 5.65 Å². The Morgan fingerprint density at radius 2 is 1.81 bits per heavy atom. The number of phenolic OH excluding ortho intramolecular Hbond substituents is 1. The summed E-state index contributed by atoms with van der Waals surface area (Å²) in [7, 11) is 3.20. The Balaban J connectivity index is 1.48. The number of para-hydroxylation sites is 1. The number of aromatic hydroxyl groups is 1. The van der Waals surface area contributed by atoms with E-state index < -0.39 is 0 Å². The van der Waals surface area contributed by atoms with Crippen LogP contribution in [0.5, 0.6) is 34.6 Å². The Hall–Kier alpha value is -4.79. The van der Waals surface area contributed by atoms with Crippen molar-refractivity contribution in [1.82, 2.24) is 19.6 Å². The summed E-state index contributed by atoms with van der Waals surface area (Å²) in [6, 6.07) is 18.6. The molecule has 9 nitrogen and oxygen atoms in total. The van der Waals surface area contributed by atoms with Gasteiger partial charge in [0.25, 0.3) is 0 Å². The predicted octanol–water partition coefficient (Wildman–Crippen LogP) is 5.02. The van der Waals surface area contributed by atoms with Crippen LogP contribution < -0.4 is 18.9 Å². The van der Waals surface area contributed by atoms with Crippen LogP contribution in [0.2, 0.25) is 0 Å². The summed E-state index contributed by atoms with van der Waals surface area (Å²) in [5, 5.41) is 14.7. The molecule has 0 bridgehead atoms. The molecule has 0 saturated heterocycles. The zero-order chi connectivity index (χ0) is 25.5. The minimum Gasteiger partial charge on any atom is -0.508 e. The number of ether oxygens (including phenoxy) is 4. The highest BCUT2D eigenvalue weighted by molar-refractivity contribution is 5.67. The summed E-state index contributed by atoms with van der Waals surface area (Å²) in [6.45, 7) is 2.20. The topological polar surface area (TPSA) is 100 Å². The van der Waals surface area contributed by atoms with Gasteiger partial charge in [-0.25, -0.2) is 14.5 Å². The van der Waals surface area contributed by atoms with Crippen LogP contribution in [0.1, 0.15) is 34.0 Å². The standard InChI is InChI=1S/C28H24N4O5/c1-16-6-4-5-7-20(16)36-14-24-30-27-26-25(17-8-11-21(34-2)23(12-17)35-3)19-10-9-18(33)13-22(19)37-28(26)29-15-32(27)31-24/h4-13,15,25,33H,14H2,1-3H3/t25-/m1/s1. The van der Waals surface area contributed by atoms with Gasteiger partial charge in [-0.05, 0) is 42.3 Å². The number of aromatic nitrogens is 4. The van der Waals surface area contributed by atoms with Gasteiger partial charge < -0.3 is 24.1 Å². The Kier molecular flexibility index (Phi) is 5.52. The third-order valence-corrected chi connectivity index (χ3v) is 6.43. The minimum atomic E-state index is -0.315. The lowest BCUT2D eigenvalue weighted by Crippen LogP contribution is -2.15. The second-order valence-electron chi connectivity index (χ2n) is 8.69. The number of fused-ring (bicyclic) bond motifs is 4. The lowest BCUT2D eigenvalue weighted by molar-refractivity contribution is 0.294. The van der Waals surface area contributed by atoms with Gasteiger partial charge in [-0.1, -0.05) is 30.3 Å². The van der Waals surface area contributed by atoms with Crippen LogP contribution in [-0.4, -0.2) is 38.9 Å². The summed E-state index contributed by atoms with van der Waals surface area (Å²) in [5.74, 6) is 3.22. The molecule has 0 spiro atoms. The number of methoxy groups -OCH3 is 2. The van der Waals surface area contributed by atoms with Gasteiger partial charge >= 0.3 is 0 Å². The fourth-order valence-corrected chi connectivity index (χ4v) is 4.65. The highest BCUT2D eigenvalue weighted by Crippen LogP contribution is 2.49. The SMILES string of the molecule is COc1ccc([C@@H]2c3ccc(O)cc3Oc3ncn4nc(COc5ccccc5C)nc4c32)cc1OC. The van der Waals surface area contributed by atoms with E-state index in [0.29, 0.717) is 34.6 Å². The maximum atomic E-state index is 10.1. The van der Waals surface area contributed by atoms with Gasteiger partial charge in [0.1, 0.15) is 30.2 Å². The maximum Gasteiger partial charge on any atom is 0.228 e. The molecule has 9 heteroatoms. The van der Waals surface area contributed by atoms with E-state index in [1.165, 1.54) is 0 Å². The van der Waals surface area contributed by atoms with Crippen molar-refractivity contribution in [2.75, 3.05) is 14.2 Å². The molecule has 2 aromatic heterocycles. The first kappa shape index (κ1) is 22.7. The van der Waals surface area contributed by atoms with E-state index in [-0.39, 0.29) is 18.3 Å². The minimum absolute atomic E-state index is 0.104. The van der Waals surface area contributed by atoms with Crippen LogP contribution in [0.15, 0.2) is 67.0 Å². The number of aryl methyl sites for hydroxylation is 1. The molecular formula is C28H24N4O5. The van der Waals surface area contributed by atoms with Crippen molar-refractivity contribution in [2.24, 2.45) is 0 Å². The molecule has 6 rings (SSSR count). The van der Waals surface area contributed by atoms with Crippen LogP contribution >= 0.6 is 0 Å². The molecule has 1 aliphatic rings. The molecule has 0 saturated carbocycles. The first-order valence-corrected chi connectivity index (χ1v) is 11.7. The summed E-state index contributed by atoms with van der Waals surface area (Å²) in [5.41, 5.74) is 4.17. The normalized spacial score (nSPS) is 14.0. The van der Waals surface area contributed by atoms with E-state index in [1.54, 1.807) is 37.2 Å². The number of benzene rings is 3. The predicted molar refractivity (Wildman–Crippen MR) is 135 cm³/mol. The molecule has 0 fully saturated rings. The Morgan fingerprint density at radius 1 is 0.973 bits per heavy atom. The zero-order valence-electron chi connectivity index (χ0n) is 20.5. The average molecular weight is 497 g/mol. The molecule has 3 aromatic carbocycles. The maximum absolute atomic E-state index is 10.1. The Morgan fingerprint density at radius 3 is 2.62 bits per heavy atom. The lowest BCUT2D eigenvalue weighted by Gasteiger charge is -2.28. The summed E-state index contributed by atoms with van der Waals surface area (Å²) < 4.78 is 24.8. The van der Waals surface area contributed by atoms with Crippen LogP contribution in [0.4, 0.5) is 0 Å². The number of hydrogen-bond acceptors (Lipinski definition) is 8. The third kappa shape index (κ3) is 3.94. The molecule has 37 heavy (non-hydrogen) atoms. The van der Waals surface area contributed by atoms with Gasteiger partial charge in [-0.3, -0.25) is 0 Å². The fraction of sp³-hybridized carbons (Fsp3) is 0.179. The molecule has 1 N–H and O–H groups in total. The van der Waals surface area contributed by atoms with E-state index in [1.807, 2.05) is 55.5 Å². The number of nitrogens with zero attached hydrogens (tertiary/aromatic N) is 4. The highest BCUT2D eigenvalue weighted by atomic mass is 16.5. The van der Waals surface area contributed by atoms with Gasteiger partial charge in [0, 0.05) is 17.5 Å². The molecule has 1 atom stereocenters. The average Bonchev–Trinajstić information content (AvgIpc) is 3.34. The molecule has 0 radical (unpaired) electrons. The summed E-state index contributed by atoms with van der Waals surface area (Å²) in [4.78, 5) is 9.35. The molecule has 186 valence electrons. The van der Waals surface area contributed by atoms with Crippen LogP contribution in [0, 0.1) is 6.92 Å². The molecule has 1 aliphatic heterocycles. The van der Waals surface area contributed by atoms with E-state index in [9.17, 15) is 5.11 Å². The molecule has 0 unspecified atom stereocenters. The van der Waals surface area contributed by atoms with Gasteiger partial charge in [0.15, 0.2) is 23.0 Å². The smallest absolute Gasteiger partial charge is 0.228 e. The molecule has 0 aliphatic carbocycles. The van der Waals surface area contributed by atoms with E-state index in [4.69, 9.17) is 23.9 Å². The molecule has 3 heterocycles. The number of hydrogen-bond donors (Lipinski definition) is 1. The van der Waals surface area contributed by atoms with Gasteiger partial charge in [-0.2, -0.15) is 0 Å². The van der Waals surface area contributed by atoms with Gasteiger partial charge in [-0.15, -0.1) is 5.10 Å². The number of rotatable bonds is 6. The van der Waals surface area contributed by atoms with Crippen molar-refractivity contribution < 1.29 is 24.1 Å². The Labute approximate surface area is 212 Å². The number of phenols is 1. The highest BCUT2D eigenvalue weighted by Gasteiger charge is 2.34. The van der Waals surface area contributed by atoms with Gasteiger partial charge in [0.05, 0.1) is 19.8 Å². The van der Waals surface area contributed by atoms with Crippen LogP contribution in [-0.2, 0) is 6.61 Å². The fourth-order valence-electron chi connectivity index (χ4n) is 4.65. The first-order valence-electron chi connectivity index (χ1n) is 11.7. The lowest BCUT2D eigenvalue weighted by atomic mass is 9.83. The van der Waals surface area contributed by atoms with Crippen LogP contribution in [0.3, 0.4) is 0 Å². The van der Waals surface area contributed by atoms with Crippen molar-refractivity contribution in [2.45, 2.75) is 19.4 Å².